The molecular formula is C31H38N4O3S. The van der Waals surface area contributed by atoms with Gasteiger partial charge in [-0.05, 0) is 42.5 Å². The van der Waals surface area contributed by atoms with Crippen LogP contribution < -0.4 is 0 Å². The molecule has 2 amide bonds. The highest BCUT2D eigenvalue weighted by atomic mass is 32.1. The fourth-order valence-electron chi connectivity index (χ4n) is 5.79. The molecule has 3 heterocycles. The average molecular weight is 547 g/mol. The van der Waals surface area contributed by atoms with E-state index in [4.69, 9.17) is 4.98 Å². The molecule has 2 aromatic carbocycles. The van der Waals surface area contributed by atoms with E-state index in [9.17, 15) is 14.7 Å². The Labute approximate surface area is 235 Å². The van der Waals surface area contributed by atoms with E-state index in [1.807, 2.05) is 40.5 Å². The molecule has 2 fully saturated rings. The van der Waals surface area contributed by atoms with E-state index < -0.39 is 5.97 Å². The number of hydrogen-bond donors (Lipinski definition) is 1. The zero-order valence-electron chi connectivity index (χ0n) is 23.0. The van der Waals surface area contributed by atoms with Gasteiger partial charge in [-0.15, -0.1) is 11.3 Å². The molecule has 2 saturated heterocycles. The minimum atomic E-state index is -0.954. The molecule has 1 N–H and O–H groups in total. The number of thiazole rings is 1. The first-order chi connectivity index (χ1) is 18.8. The van der Waals surface area contributed by atoms with Crippen LogP contribution in [0.5, 0.6) is 0 Å². The van der Waals surface area contributed by atoms with Crippen molar-refractivity contribution in [1.82, 2.24) is 19.7 Å². The average Bonchev–Trinajstić information content (AvgIpc) is 3.50. The maximum atomic E-state index is 13.8. The monoisotopic (exact) mass is 546 g/mol. The van der Waals surface area contributed by atoms with Gasteiger partial charge in [0.25, 0.3) is 0 Å². The third-order valence-corrected chi connectivity index (χ3v) is 9.28. The number of aryl methyl sites for hydroxylation is 1. The highest BCUT2D eigenvalue weighted by Crippen LogP contribution is 2.36. The second kappa shape index (κ2) is 11.9. The Kier molecular flexibility index (Phi) is 8.33. The third kappa shape index (κ3) is 6.02. The lowest BCUT2D eigenvalue weighted by molar-refractivity contribution is 0.0696. The lowest BCUT2D eigenvalue weighted by atomic mass is 9.99. The molecule has 206 valence electrons. The Balaban J connectivity index is 1.30. The van der Waals surface area contributed by atoms with E-state index in [2.05, 4.69) is 42.7 Å². The first-order valence-electron chi connectivity index (χ1n) is 14.0. The molecule has 0 unspecified atom stereocenters. The minimum absolute atomic E-state index is 0.0142. The van der Waals surface area contributed by atoms with Crippen LogP contribution in [0.25, 0.3) is 0 Å². The van der Waals surface area contributed by atoms with Gasteiger partial charge in [0, 0.05) is 49.6 Å². The van der Waals surface area contributed by atoms with Crippen LogP contribution in [0.2, 0.25) is 0 Å². The molecule has 0 spiro atoms. The number of carbonyl (C=O) groups is 2. The second-order valence-corrected chi connectivity index (χ2v) is 12.1. The van der Waals surface area contributed by atoms with Gasteiger partial charge in [-0.3, -0.25) is 4.90 Å². The Morgan fingerprint density at radius 1 is 1.08 bits per heavy atom. The number of amides is 2. The van der Waals surface area contributed by atoms with Gasteiger partial charge in [-0.2, -0.15) is 0 Å². The van der Waals surface area contributed by atoms with Crippen molar-refractivity contribution in [3.63, 3.8) is 0 Å². The van der Waals surface area contributed by atoms with Crippen molar-refractivity contribution in [3.05, 3.63) is 86.9 Å². The number of benzene rings is 2. The molecule has 1 atom stereocenters. The Morgan fingerprint density at radius 3 is 2.49 bits per heavy atom. The predicted octanol–water partition coefficient (Wildman–Crippen LogP) is 6.17. The first kappa shape index (κ1) is 27.3. The van der Waals surface area contributed by atoms with Crippen LogP contribution in [0, 0.1) is 0 Å². The smallest absolute Gasteiger partial charge is 0.335 e. The van der Waals surface area contributed by atoms with Crippen molar-refractivity contribution < 1.29 is 14.7 Å². The van der Waals surface area contributed by atoms with Crippen LogP contribution >= 0.6 is 11.3 Å². The van der Waals surface area contributed by atoms with E-state index in [0.29, 0.717) is 19.0 Å². The molecule has 0 aliphatic carbocycles. The molecule has 2 aliphatic heterocycles. The minimum Gasteiger partial charge on any atom is -0.478 e. The number of hydrogen-bond acceptors (Lipinski definition) is 5. The molecule has 7 nitrogen and oxygen atoms in total. The summed E-state index contributed by atoms with van der Waals surface area (Å²) < 4.78 is 0. The Hall–Kier alpha value is -3.23. The number of nitrogens with zero attached hydrogens (tertiary/aromatic N) is 4. The number of carboxylic acid groups (broad SMARTS) is 1. The Morgan fingerprint density at radius 2 is 1.82 bits per heavy atom. The van der Waals surface area contributed by atoms with Crippen LogP contribution in [0.15, 0.2) is 54.6 Å². The van der Waals surface area contributed by atoms with E-state index >= 15 is 0 Å². The standard InChI is InChI=1S/C31H38N4O3S/c1-4-26-28(39-29(32-26)21(2)3)20-33-15-13-25(14-16-33)35-27(23-10-6-5-7-11-23)19-34(31(35)38)18-22-9-8-12-24(17-22)30(36)37/h5-12,17,21,25,27H,4,13-16,18-20H2,1-3H3,(H,36,37)/t27-/m0/s1. The van der Waals surface area contributed by atoms with E-state index in [0.717, 1.165) is 50.0 Å². The number of urea groups is 1. The van der Waals surface area contributed by atoms with Crippen LogP contribution in [0.1, 0.15) is 82.6 Å². The van der Waals surface area contributed by atoms with Crippen molar-refractivity contribution in [2.75, 3.05) is 19.6 Å². The van der Waals surface area contributed by atoms with Gasteiger partial charge in [-0.1, -0.05) is 63.2 Å². The molecule has 0 saturated carbocycles. The largest absolute Gasteiger partial charge is 0.478 e. The van der Waals surface area contributed by atoms with Crippen molar-refractivity contribution in [2.45, 2.75) is 71.1 Å². The van der Waals surface area contributed by atoms with Crippen molar-refractivity contribution >= 4 is 23.3 Å². The predicted molar refractivity (Wildman–Crippen MR) is 154 cm³/mol. The number of carbonyl (C=O) groups excluding carboxylic acids is 1. The van der Waals surface area contributed by atoms with Crippen molar-refractivity contribution in [2.24, 2.45) is 0 Å². The van der Waals surface area contributed by atoms with E-state index in [1.54, 1.807) is 18.2 Å². The van der Waals surface area contributed by atoms with Gasteiger partial charge >= 0.3 is 12.0 Å². The number of carboxylic acids is 1. The van der Waals surface area contributed by atoms with E-state index in [1.165, 1.54) is 15.6 Å². The highest BCUT2D eigenvalue weighted by Gasteiger charge is 2.42. The van der Waals surface area contributed by atoms with Crippen molar-refractivity contribution in [1.29, 1.82) is 0 Å². The third-order valence-electron chi connectivity index (χ3n) is 7.89. The van der Waals surface area contributed by atoms with Gasteiger partial charge < -0.3 is 14.9 Å². The quantitative estimate of drug-likeness (QED) is 0.347. The lowest BCUT2D eigenvalue weighted by Gasteiger charge is -2.39. The fraction of sp³-hybridized carbons (Fsp3) is 0.452. The molecule has 3 aromatic rings. The normalized spacial score (nSPS) is 18.9. The summed E-state index contributed by atoms with van der Waals surface area (Å²) in [5.74, 6) is -0.504. The molecule has 5 rings (SSSR count). The molecular weight excluding hydrogens is 508 g/mol. The highest BCUT2D eigenvalue weighted by molar-refractivity contribution is 7.11. The first-order valence-corrected chi connectivity index (χ1v) is 14.8. The zero-order chi connectivity index (χ0) is 27.5. The number of likely N-dealkylation sites (tertiary alicyclic amines) is 1. The van der Waals surface area contributed by atoms with Gasteiger partial charge in [0.15, 0.2) is 0 Å². The van der Waals surface area contributed by atoms with Crippen molar-refractivity contribution in [3.8, 4) is 0 Å². The summed E-state index contributed by atoms with van der Waals surface area (Å²) in [7, 11) is 0. The lowest BCUT2D eigenvalue weighted by Crippen LogP contribution is -2.47. The molecule has 2 aliphatic rings. The molecule has 1 aromatic heterocycles. The second-order valence-electron chi connectivity index (χ2n) is 10.9. The molecule has 0 radical (unpaired) electrons. The SMILES string of the molecule is CCc1nc(C(C)C)sc1CN1CCC(N2C(=O)N(Cc3cccc(C(=O)O)c3)C[C@H]2c2ccccc2)CC1. The van der Waals surface area contributed by atoms with Gasteiger partial charge in [-0.25, -0.2) is 14.6 Å². The molecule has 0 bridgehead atoms. The summed E-state index contributed by atoms with van der Waals surface area (Å²) >= 11 is 1.85. The Bertz CT molecular complexity index is 1300. The van der Waals surface area contributed by atoms with Gasteiger partial charge in [0.05, 0.1) is 22.3 Å². The maximum Gasteiger partial charge on any atom is 0.335 e. The number of aromatic carboxylic acids is 1. The molecule has 8 heteroatoms. The van der Waals surface area contributed by atoms with E-state index in [-0.39, 0.29) is 23.7 Å². The summed E-state index contributed by atoms with van der Waals surface area (Å²) in [5, 5.41) is 10.6. The summed E-state index contributed by atoms with van der Waals surface area (Å²) in [6.45, 7) is 10.4. The fourth-order valence-corrected chi connectivity index (χ4v) is 6.99. The van der Waals surface area contributed by atoms with Gasteiger partial charge in [0.1, 0.15) is 0 Å². The topological polar surface area (TPSA) is 77.0 Å². The summed E-state index contributed by atoms with van der Waals surface area (Å²) in [6.07, 6.45) is 2.84. The maximum absolute atomic E-state index is 13.8. The molecule has 39 heavy (non-hydrogen) atoms. The number of rotatable bonds is 9. The van der Waals surface area contributed by atoms with Crippen LogP contribution in [-0.2, 0) is 19.5 Å². The number of piperidine rings is 1. The van der Waals surface area contributed by atoms with Crippen LogP contribution in [0.4, 0.5) is 4.79 Å². The summed E-state index contributed by atoms with van der Waals surface area (Å²) in [5.41, 5.74) is 3.46. The zero-order valence-corrected chi connectivity index (χ0v) is 23.9. The van der Waals surface area contributed by atoms with Crippen LogP contribution in [-0.4, -0.2) is 62.5 Å². The summed E-state index contributed by atoms with van der Waals surface area (Å²) in [6, 6.07) is 17.4. The van der Waals surface area contributed by atoms with Crippen LogP contribution in [0.3, 0.4) is 0 Å². The van der Waals surface area contributed by atoms with Gasteiger partial charge in [0.2, 0.25) is 0 Å². The number of aromatic nitrogens is 1. The summed E-state index contributed by atoms with van der Waals surface area (Å²) in [4.78, 5) is 38.1.